The molecule has 18 heavy (non-hydrogen) atoms. The fraction of sp³-hybridized carbons (Fsp3) is 0.0769. The van der Waals surface area contributed by atoms with Crippen molar-refractivity contribution >= 4 is 27.5 Å². The van der Waals surface area contributed by atoms with Crippen molar-refractivity contribution in [1.82, 2.24) is 0 Å². The summed E-state index contributed by atoms with van der Waals surface area (Å²) in [6, 6.07) is 8.40. The lowest BCUT2D eigenvalue weighted by molar-refractivity contribution is 0.289. The molecule has 2 rings (SSSR count). The summed E-state index contributed by atoms with van der Waals surface area (Å²) in [7, 11) is 0. The van der Waals surface area contributed by atoms with Crippen molar-refractivity contribution in [2.75, 3.05) is 0 Å². The molecule has 0 unspecified atom stereocenters. The molecular weight excluding hydrogens is 325 g/mol. The van der Waals surface area contributed by atoms with Crippen LogP contribution in [-0.4, -0.2) is 0 Å². The van der Waals surface area contributed by atoms with Crippen LogP contribution in [0, 0.1) is 11.6 Å². The highest BCUT2D eigenvalue weighted by Gasteiger charge is 2.06. The Labute approximate surface area is 116 Å². The Kier molecular flexibility index (Phi) is 4.19. The number of ether oxygens (including phenoxy) is 1. The van der Waals surface area contributed by atoms with Gasteiger partial charge in [-0.15, -0.1) is 0 Å². The summed E-state index contributed by atoms with van der Waals surface area (Å²) < 4.78 is 32.2. The van der Waals surface area contributed by atoms with Crippen molar-refractivity contribution in [3.63, 3.8) is 0 Å². The second kappa shape index (κ2) is 5.67. The molecule has 0 atom stereocenters. The fourth-order valence-electron chi connectivity index (χ4n) is 1.39. The van der Waals surface area contributed by atoms with Gasteiger partial charge in [-0.1, -0.05) is 33.6 Å². The van der Waals surface area contributed by atoms with E-state index >= 15 is 0 Å². The molecule has 0 fully saturated rings. The van der Waals surface area contributed by atoms with Gasteiger partial charge in [0, 0.05) is 15.1 Å². The molecule has 2 aromatic carbocycles. The molecule has 0 aliphatic heterocycles. The Hall–Kier alpha value is -1.13. The number of hydrogen-bond donors (Lipinski definition) is 0. The van der Waals surface area contributed by atoms with Crippen LogP contribution >= 0.6 is 27.5 Å². The van der Waals surface area contributed by atoms with Gasteiger partial charge in [-0.25, -0.2) is 8.78 Å². The van der Waals surface area contributed by atoms with Crippen molar-refractivity contribution in [3.8, 4) is 5.75 Å². The molecule has 0 bridgehead atoms. The molecule has 0 radical (unpaired) electrons. The molecule has 0 amide bonds. The topological polar surface area (TPSA) is 9.23 Å². The first kappa shape index (κ1) is 13.3. The largest absolute Gasteiger partial charge is 0.486 e. The molecule has 0 N–H and O–H groups in total. The number of benzene rings is 2. The summed E-state index contributed by atoms with van der Waals surface area (Å²) in [5.41, 5.74) is 0.728. The molecule has 94 valence electrons. The van der Waals surface area contributed by atoms with Gasteiger partial charge in [-0.05, 0) is 30.3 Å². The Morgan fingerprint density at radius 1 is 1.11 bits per heavy atom. The number of hydrogen-bond acceptors (Lipinski definition) is 1. The molecular formula is C13H8BrClF2O. The first-order valence-corrected chi connectivity index (χ1v) is 6.25. The smallest absolute Gasteiger partial charge is 0.166 e. The molecule has 5 heteroatoms. The Morgan fingerprint density at radius 2 is 1.89 bits per heavy atom. The van der Waals surface area contributed by atoms with Gasteiger partial charge >= 0.3 is 0 Å². The van der Waals surface area contributed by atoms with E-state index in [1.807, 2.05) is 0 Å². The maximum Gasteiger partial charge on any atom is 0.166 e. The van der Waals surface area contributed by atoms with E-state index in [1.54, 1.807) is 12.1 Å². The average Bonchev–Trinajstić information content (AvgIpc) is 2.30. The zero-order valence-corrected chi connectivity index (χ0v) is 11.4. The van der Waals surface area contributed by atoms with E-state index < -0.39 is 5.82 Å². The van der Waals surface area contributed by atoms with Crippen molar-refractivity contribution in [2.24, 2.45) is 0 Å². The molecule has 1 nitrogen and oxygen atoms in total. The number of rotatable bonds is 3. The zero-order chi connectivity index (χ0) is 13.1. The van der Waals surface area contributed by atoms with Gasteiger partial charge in [0.25, 0.3) is 0 Å². The van der Waals surface area contributed by atoms with Gasteiger partial charge < -0.3 is 4.74 Å². The molecule has 0 saturated heterocycles. The highest BCUT2D eigenvalue weighted by atomic mass is 79.9. The molecule has 0 spiro atoms. The van der Waals surface area contributed by atoms with Gasteiger partial charge in [0.05, 0.1) is 0 Å². The van der Waals surface area contributed by atoms with Crippen LogP contribution in [0.5, 0.6) is 5.75 Å². The van der Waals surface area contributed by atoms with Gasteiger partial charge in [-0.3, -0.25) is 0 Å². The zero-order valence-electron chi connectivity index (χ0n) is 9.09. The standard InChI is InChI=1S/C13H8BrClF2O/c14-11-6-10(16)3-1-8(11)7-18-13-4-2-9(15)5-12(13)17/h1-6H,7H2. The van der Waals surface area contributed by atoms with E-state index in [0.29, 0.717) is 9.50 Å². The van der Waals surface area contributed by atoms with E-state index in [1.165, 1.54) is 24.3 Å². The minimum absolute atomic E-state index is 0.107. The van der Waals surface area contributed by atoms with E-state index in [9.17, 15) is 8.78 Å². The quantitative estimate of drug-likeness (QED) is 0.771. The molecule has 0 aliphatic carbocycles. The third kappa shape index (κ3) is 3.21. The van der Waals surface area contributed by atoms with E-state index in [0.717, 1.165) is 5.56 Å². The van der Waals surface area contributed by atoms with Crippen molar-refractivity contribution < 1.29 is 13.5 Å². The molecule has 0 aliphatic rings. The third-order valence-electron chi connectivity index (χ3n) is 2.29. The van der Waals surface area contributed by atoms with Gasteiger partial charge in [-0.2, -0.15) is 0 Å². The highest BCUT2D eigenvalue weighted by Crippen LogP contribution is 2.24. The van der Waals surface area contributed by atoms with Crippen molar-refractivity contribution in [3.05, 3.63) is 63.1 Å². The Morgan fingerprint density at radius 3 is 2.56 bits per heavy atom. The predicted octanol–water partition coefficient (Wildman–Crippen LogP) is 4.96. The second-order valence-corrected chi connectivity index (χ2v) is 4.89. The molecule has 0 heterocycles. The van der Waals surface area contributed by atoms with Crippen LogP contribution in [-0.2, 0) is 6.61 Å². The van der Waals surface area contributed by atoms with Crippen molar-refractivity contribution in [1.29, 1.82) is 0 Å². The van der Waals surface area contributed by atoms with Gasteiger partial charge in [0.1, 0.15) is 12.4 Å². The number of halogens is 4. The van der Waals surface area contributed by atoms with E-state index in [2.05, 4.69) is 15.9 Å². The maximum absolute atomic E-state index is 13.4. The molecule has 2 aromatic rings. The van der Waals surface area contributed by atoms with Gasteiger partial charge in [0.2, 0.25) is 0 Å². The monoisotopic (exact) mass is 332 g/mol. The molecule has 0 aromatic heterocycles. The Balaban J connectivity index is 2.11. The minimum atomic E-state index is -0.527. The maximum atomic E-state index is 13.4. The first-order valence-electron chi connectivity index (χ1n) is 5.08. The van der Waals surface area contributed by atoms with Crippen LogP contribution in [0.4, 0.5) is 8.78 Å². The average molecular weight is 334 g/mol. The highest BCUT2D eigenvalue weighted by molar-refractivity contribution is 9.10. The van der Waals surface area contributed by atoms with Crippen LogP contribution in [0.15, 0.2) is 40.9 Å². The SMILES string of the molecule is Fc1ccc(COc2ccc(Cl)cc2F)c(Br)c1. The molecule has 0 saturated carbocycles. The second-order valence-electron chi connectivity index (χ2n) is 3.60. The van der Waals surface area contributed by atoms with Crippen LogP contribution < -0.4 is 4.74 Å². The van der Waals surface area contributed by atoms with Crippen LogP contribution in [0.1, 0.15) is 5.56 Å². The summed E-state index contributed by atoms with van der Waals surface area (Å²) >= 11 is 8.85. The predicted molar refractivity (Wildman–Crippen MR) is 69.8 cm³/mol. The van der Waals surface area contributed by atoms with E-state index in [4.69, 9.17) is 16.3 Å². The van der Waals surface area contributed by atoms with Crippen molar-refractivity contribution in [2.45, 2.75) is 6.61 Å². The minimum Gasteiger partial charge on any atom is -0.486 e. The van der Waals surface area contributed by atoms with Crippen LogP contribution in [0.2, 0.25) is 5.02 Å². The summed E-state index contributed by atoms with van der Waals surface area (Å²) in [4.78, 5) is 0. The van der Waals surface area contributed by atoms with Gasteiger partial charge in [0.15, 0.2) is 11.6 Å². The fourth-order valence-corrected chi connectivity index (χ4v) is 2.01. The lowest BCUT2D eigenvalue weighted by Crippen LogP contribution is -1.98. The summed E-state index contributed by atoms with van der Waals surface area (Å²) in [5.74, 6) is -0.764. The van der Waals surface area contributed by atoms with E-state index in [-0.39, 0.29) is 18.2 Å². The normalized spacial score (nSPS) is 10.4. The summed E-state index contributed by atoms with van der Waals surface area (Å²) in [5, 5.41) is 0.308. The third-order valence-corrected chi connectivity index (χ3v) is 3.27. The lowest BCUT2D eigenvalue weighted by atomic mass is 10.2. The van der Waals surface area contributed by atoms with Crippen LogP contribution in [0.25, 0.3) is 0 Å². The summed E-state index contributed by atoms with van der Waals surface area (Å²) in [6.07, 6.45) is 0. The lowest BCUT2D eigenvalue weighted by Gasteiger charge is -2.09. The van der Waals surface area contributed by atoms with Crippen LogP contribution in [0.3, 0.4) is 0 Å². The summed E-state index contributed by atoms with van der Waals surface area (Å²) in [6.45, 7) is 0.138. The first-order chi connectivity index (χ1) is 8.56. The Bertz CT molecular complexity index is 523.